The molecule has 0 N–H and O–H groups in total. The van der Waals surface area contributed by atoms with E-state index in [0.717, 1.165) is 12.8 Å². The van der Waals surface area contributed by atoms with Gasteiger partial charge in [-0.3, -0.25) is 4.79 Å². The van der Waals surface area contributed by atoms with Gasteiger partial charge in [-0.05, 0) is 50.3 Å². The van der Waals surface area contributed by atoms with Crippen molar-refractivity contribution in [3.8, 4) is 0 Å². The maximum Gasteiger partial charge on any atom is 0.228 e. The number of nitrogens with zero attached hydrogens (tertiary/aromatic N) is 3. The van der Waals surface area contributed by atoms with E-state index in [0.29, 0.717) is 42.4 Å². The number of amides is 1. The highest BCUT2D eigenvalue weighted by Gasteiger charge is 2.28. The molecule has 33 heavy (non-hydrogen) atoms. The number of ether oxygens (including phenoxy) is 1. The first-order valence-corrected chi connectivity index (χ1v) is 13.5. The van der Waals surface area contributed by atoms with Crippen LogP contribution in [0.15, 0.2) is 35.6 Å². The molecular weight excluding hydrogens is 462 g/mol. The molecule has 0 bridgehead atoms. The van der Waals surface area contributed by atoms with Crippen LogP contribution in [0.5, 0.6) is 0 Å². The number of sulfone groups is 1. The van der Waals surface area contributed by atoms with Crippen LogP contribution < -0.4 is 0 Å². The standard InChI is InChI=1S/C24H34ClN3O4S/c1-17(2)11-23(29)27(15-22-9-6-10-32-22)14-21-13-26-24(28(21)18(3)4)33(30,31)16-19-7-5-8-20(25)12-19/h5,7-8,12-13,17-18,22H,6,9-11,14-16H2,1-4H3. The molecule has 1 amide bonds. The summed E-state index contributed by atoms with van der Waals surface area (Å²) in [7, 11) is -3.72. The number of aromatic nitrogens is 2. The van der Waals surface area contributed by atoms with Crippen molar-refractivity contribution < 1.29 is 17.9 Å². The highest BCUT2D eigenvalue weighted by molar-refractivity contribution is 7.90. The molecule has 7 nitrogen and oxygen atoms in total. The summed E-state index contributed by atoms with van der Waals surface area (Å²) in [5, 5.41) is 0.505. The second kappa shape index (κ2) is 11.0. The van der Waals surface area contributed by atoms with E-state index in [1.54, 1.807) is 39.9 Å². The Kier molecular flexibility index (Phi) is 8.59. The molecule has 0 aliphatic carbocycles. The van der Waals surface area contributed by atoms with Gasteiger partial charge in [0.05, 0.1) is 30.3 Å². The zero-order chi connectivity index (χ0) is 24.2. The lowest BCUT2D eigenvalue weighted by molar-refractivity contribution is -0.134. The lowest BCUT2D eigenvalue weighted by Gasteiger charge is -2.27. The molecule has 2 heterocycles. The number of carbonyl (C=O) groups excluding carboxylic acids is 1. The molecule has 1 saturated heterocycles. The van der Waals surface area contributed by atoms with Gasteiger partial charge in [0, 0.05) is 30.6 Å². The van der Waals surface area contributed by atoms with Crippen molar-refractivity contribution in [1.29, 1.82) is 0 Å². The fourth-order valence-electron chi connectivity index (χ4n) is 4.15. The largest absolute Gasteiger partial charge is 0.376 e. The van der Waals surface area contributed by atoms with E-state index in [9.17, 15) is 13.2 Å². The summed E-state index contributed by atoms with van der Waals surface area (Å²) in [6.45, 7) is 9.38. The topological polar surface area (TPSA) is 81.5 Å². The molecule has 182 valence electrons. The molecular formula is C24H34ClN3O4S. The Bertz CT molecular complexity index is 1060. The highest BCUT2D eigenvalue weighted by atomic mass is 35.5. The lowest BCUT2D eigenvalue weighted by Crippen LogP contribution is -2.38. The Morgan fingerprint density at radius 3 is 2.67 bits per heavy atom. The van der Waals surface area contributed by atoms with E-state index in [4.69, 9.17) is 16.3 Å². The van der Waals surface area contributed by atoms with Crippen LogP contribution in [-0.2, 0) is 31.7 Å². The second-order valence-electron chi connectivity index (χ2n) is 9.39. The number of benzene rings is 1. The van der Waals surface area contributed by atoms with Crippen LogP contribution in [-0.4, -0.2) is 48.0 Å². The maximum atomic E-state index is 13.3. The Labute approximate surface area is 202 Å². The quantitative estimate of drug-likeness (QED) is 0.479. The van der Waals surface area contributed by atoms with Crippen molar-refractivity contribution in [3.05, 3.63) is 46.7 Å². The SMILES string of the molecule is CC(C)CC(=O)N(Cc1cnc(S(=O)(=O)Cc2cccc(Cl)c2)n1C(C)C)CC1CCCO1. The van der Waals surface area contributed by atoms with E-state index < -0.39 is 9.84 Å². The van der Waals surface area contributed by atoms with Gasteiger partial charge in [-0.25, -0.2) is 13.4 Å². The summed E-state index contributed by atoms with van der Waals surface area (Å²) < 4.78 is 34.0. The van der Waals surface area contributed by atoms with E-state index in [1.807, 2.05) is 27.7 Å². The molecule has 0 radical (unpaired) electrons. The number of rotatable bonds is 10. The molecule has 3 rings (SSSR count). The van der Waals surface area contributed by atoms with Crippen LogP contribution in [0.25, 0.3) is 0 Å². The number of carbonyl (C=O) groups is 1. The van der Waals surface area contributed by atoms with Crippen LogP contribution in [0.3, 0.4) is 0 Å². The number of hydrogen-bond donors (Lipinski definition) is 0. The second-order valence-corrected chi connectivity index (χ2v) is 11.7. The number of halogens is 1. The van der Waals surface area contributed by atoms with E-state index >= 15 is 0 Å². The third-order valence-corrected chi connectivity index (χ3v) is 7.42. The molecule has 0 saturated carbocycles. The predicted molar refractivity (Wildman–Crippen MR) is 129 cm³/mol. The fraction of sp³-hybridized carbons (Fsp3) is 0.583. The molecule has 1 fully saturated rings. The van der Waals surface area contributed by atoms with Crippen LogP contribution in [0.2, 0.25) is 5.02 Å². The summed E-state index contributed by atoms with van der Waals surface area (Å²) in [5.41, 5.74) is 1.30. The third kappa shape index (κ3) is 6.80. The van der Waals surface area contributed by atoms with Crippen LogP contribution in [0.4, 0.5) is 0 Å². The highest BCUT2D eigenvalue weighted by Crippen LogP contribution is 2.25. The summed E-state index contributed by atoms with van der Waals surface area (Å²) in [4.78, 5) is 19.1. The molecule has 1 aromatic carbocycles. The van der Waals surface area contributed by atoms with Gasteiger partial charge in [0.15, 0.2) is 0 Å². The van der Waals surface area contributed by atoms with Crippen LogP contribution in [0.1, 0.15) is 64.3 Å². The fourth-order valence-corrected chi connectivity index (χ4v) is 5.95. The number of imidazole rings is 1. The Morgan fingerprint density at radius 2 is 2.06 bits per heavy atom. The van der Waals surface area contributed by atoms with Crippen LogP contribution >= 0.6 is 11.6 Å². The molecule has 1 atom stereocenters. The Morgan fingerprint density at radius 1 is 1.30 bits per heavy atom. The van der Waals surface area contributed by atoms with Crippen molar-refractivity contribution in [1.82, 2.24) is 14.5 Å². The molecule has 2 aromatic rings. The minimum Gasteiger partial charge on any atom is -0.376 e. The van der Waals surface area contributed by atoms with Crippen molar-refractivity contribution in [2.75, 3.05) is 13.2 Å². The number of hydrogen-bond acceptors (Lipinski definition) is 5. The first-order valence-electron chi connectivity index (χ1n) is 11.5. The van der Waals surface area contributed by atoms with Gasteiger partial charge < -0.3 is 14.2 Å². The summed E-state index contributed by atoms with van der Waals surface area (Å²) in [6.07, 6.45) is 3.95. The minimum atomic E-state index is -3.72. The third-order valence-electron chi connectivity index (χ3n) is 5.62. The predicted octanol–water partition coefficient (Wildman–Crippen LogP) is 4.65. The Balaban J connectivity index is 1.89. The molecule has 9 heteroatoms. The molecule has 1 aliphatic heterocycles. The smallest absolute Gasteiger partial charge is 0.228 e. The van der Waals surface area contributed by atoms with E-state index in [2.05, 4.69) is 4.98 Å². The van der Waals surface area contributed by atoms with E-state index in [-0.39, 0.29) is 34.9 Å². The lowest BCUT2D eigenvalue weighted by atomic mass is 10.1. The van der Waals surface area contributed by atoms with E-state index in [1.165, 1.54) is 0 Å². The van der Waals surface area contributed by atoms with Crippen LogP contribution in [0, 0.1) is 5.92 Å². The van der Waals surface area contributed by atoms with Gasteiger partial charge in [-0.2, -0.15) is 0 Å². The Hall–Kier alpha value is -1.90. The van der Waals surface area contributed by atoms with Crippen molar-refractivity contribution in [2.45, 2.75) is 76.6 Å². The van der Waals surface area contributed by atoms with Gasteiger partial charge in [0.2, 0.25) is 20.9 Å². The molecule has 0 spiro atoms. The van der Waals surface area contributed by atoms with Gasteiger partial charge >= 0.3 is 0 Å². The maximum absolute atomic E-state index is 13.3. The first kappa shape index (κ1) is 25.7. The zero-order valence-electron chi connectivity index (χ0n) is 19.8. The van der Waals surface area contributed by atoms with Gasteiger partial charge in [-0.1, -0.05) is 37.6 Å². The molecule has 1 aliphatic rings. The molecule has 1 unspecified atom stereocenters. The van der Waals surface area contributed by atoms with Gasteiger partial charge in [-0.15, -0.1) is 0 Å². The average Bonchev–Trinajstić information content (AvgIpc) is 3.36. The normalized spacial score (nSPS) is 16.6. The van der Waals surface area contributed by atoms with Crippen molar-refractivity contribution >= 4 is 27.3 Å². The molecule has 1 aromatic heterocycles. The zero-order valence-corrected chi connectivity index (χ0v) is 21.4. The van der Waals surface area contributed by atoms with Gasteiger partial charge in [0.1, 0.15) is 0 Å². The van der Waals surface area contributed by atoms with Gasteiger partial charge in [0.25, 0.3) is 0 Å². The monoisotopic (exact) mass is 495 g/mol. The summed E-state index contributed by atoms with van der Waals surface area (Å²) in [6, 6.07) is 6.69. The summed E-state index contributed by atoms with van der Waals surface area (Å²) in [5.74, 6) is 0.0799. The minimum absolute atomic E-state index is 0.0147. The van der Waals surface area contributed by atoms with Crippen molar-refractivity contribution in [3.63, 3.8) is 0 Å². The van der Waals surface area contributed by atoms with Crippen molar-refractivity contribution in [2.24, 2.45) is 5.92 Å². The average molecular weight is 496 g/mol. The first-order chi connectivity index (χ1) is 15.6. The summed E-state index contributed by atoms with van der Waals surface area (Å²) >= 11 is 6.03.